The van der Waals surface area contributed by atoms with Crippen molar-refractivity contribution in [1.82, 2.24) is 24.9 Å². The lowest BCUT2D eigenvalue weighted by Gasteiger charge is -2.28. The molecule has 266 valence electrons. The van der Waals surface area contributed by atoms with Crippen molar-refractivity contribution in [3.63, 3.8) is 0 Å². The van der Waals surface area contributed by atoms with Crippen LogP contribution in [0.5, 0.6) is 11.6 Å². The molecule has 0 bridgehead atoms. The maximum atomic E-state index is 14.2. The van der Waals surface area contributed by atoms with Crippen LogP contribution in [0.3, 0.4) is 0 Å². The van der Waals surface area contributed by atoms with Crippen LogP contribution in [-0.4, -0.2) is 91.2 Å². The Morgan fingerprint density at radius 2 is 1.88 bits per heavy atom. The summed E-state index contributed by atoms with van der Waals surface area (Å²) >= 11 is 0. The van der Waals surface area contributed by atoms with Gasteiger partial charge in [-0.2, -0.15) is 4.98 Å². The Morgan fingerprint density at radius 1 is 1.12 bits per heavy atom. The second-order valence-corrected chi connectivity index (χ2v) is 17.2. The first-order valence-corrected chi connectivity index (χ1v) is 18.7. The number of hydrogen-bond donors (Lipinski definition) is 2. The third kappa shape index (κ3) is 7.06. The summed E-state index contributed by atoms with van der Waals surface area (Å²) in [6, 6.07) is 4.47. The largest absolute Gasteiger partial charge is 0.497 e. The molecule has 0 unspecified atom stereocenters. The molecule has 2 saturated carbocycles. The number of carbonyl (C=O) groups is 3. The van der Waals surface area contributed by atoms with E-state index in [1.165, 1.54) is 0 Å². The molecule has 1 aromatic carbocycles. The molecule has 49 heavy (non-hydrogen) atoms. The van der Waals surface area contributed by atoms with Gasteiger partial charge in [0, 0.05) is 38.9 Å². The molecule has 2 N–H and O–H groups in total. The first-order chi connectivity index (χ1) is 23.1. The number of nitrogens with one attached hydrogen (secondary N) is 2. The van der Waals surface area contributed by atoms with Crippen molar-refractivity contribution >= 4 is 44.6 Å². The van der Waals surface area contributed by atoms with Gasteiger partial charge in [-0.3, -0.25) is 19.1 Å². The Morgan fingerprint density at radius 3 is 2.57 bits per heavy atom. The lowest BCUT2D eigenvalue weighted by atomic mass is 9.91. The van der Waals surface area contributed by atoms with Crippen LogP contribution in [0.25, 0.3) is 10.9 Å². The summed E-state index contributed by atoms with van der Waals surface area (Å²) in [5, 5.41) is 3.59. The molecule has 2 aliphatic heterocycles. The smallest absolute Gasteiger partial charge is 0.259 e. The first-order valence-electron chi connectivity index (χ1n) is 17.2. The highest BCUT2D eigenvalue weighted by atomic mass is 32.2. The van der Waals surface area contributed by atoms with E-state index in [4.69, 9.17) is 9.47 Å². The Bertz CT molecular complexity index is 1780. The van der Waals surface area contributed by atoms with E-state index >= 15 is 0 Å². The molecule has 0 radical (unpaired) electrons. The van der Waals surface area contributed by atoms with Gasteiger partial charge < -0.3 is 24.6 Å². The number of fused-ring (bicyclic) bond motifs is 3. The maximum Gasteiger partial charge on any atom is 0.259 e. The van der Waals surface area contributed by atoms with Crippen molar-refractivity contribution in [3.05, 3.63) is 30.4 Å². The number of nitrogens with zero attached hydrogens (tertiary/aromatic N) is 4. The van der Waals surface area contributed by atoms with Gasteiger partial charge in [-0.25, -0.2) is 13.4 Å². The van der Waals surface area contributed by atoms with Crippen molar-refractivity contribution < 1.29 is 32.3 Å². The highest BCUT2D eigenvalue weighted by Crippen LogP contribution is 2.47. The van der Waals surface area contributed by atoms with Crippen molar-refractivity contribution in [2.24, 2.45) is 17.8 Å². The molecule has 2 aliphatic carbocycles. The Kier molecular flexibility index (Phi) is 9.31. The van der Waals surface area contributed by atoms with E-state index < -0.39 is 44.3 Å². The zero-order valence-electron chi connectivity index (χ0n) is 29.2. The average Bonchev–Trinajstić information content (AvgIpc) is 3.92. The second-order valence-electron chi connectivity index (χ2n) is 15.0. The number of ether oxygens (including phenoxy) is 2. The van der Waals surface area contributed by atoms with Gasteiger partial charge in [0.05, 0.1) is 29.3 Å². The van der Waals surface area contributed by atoms with Crippen molar-refractivity contribution in [3.8, 4) is 11.6 Å². The Balaban J connectivity index is 1.30. The van der Waals surface area contributed by atoms with Gasteiger partial charge in [0.15, 0.2) is 0 Å². The van der Waals surface area contributed by atoms with Crippen LogP contribution in [0.4, 0.5) is 5.95 Å². The predicted octanol–water partition coefficient (Wildman–Crippen LogP) is 3.33. The summed E-state index contributed by atoms with van der Waals surface area (Å²) in [5.74, 6) is 0.0605. The van der Waals surface area contributed by atoms with Crippen LogP contribution >= 0.6 is 0 Å². The van der Waals surface area contributed by atoms with E-state index in [1.807, 2.05) is 32.3 Å². The predicted molar refractivity (Wildman–Crippen MR) is 185 cm³/mol. The van der Waals surface area contributed by atoms with E-state index in [0.717, 1.165) is 19.3 Å². The van der Waals surface area contributed by atoms with Crippen molar-refractivity contribution in [1.29, 1.82) is 0 Å². The molecular formula is C35H48N6O7S. The number of anilines is 1. The van der Waals surface area contributed by atoms with E-state index in [9.17, 15) is 22.8 Å². The number of rotatable bonds is 7. The summed E-state index contributed by atoms with van der Waals surface area (Å²) in [6.45, 7) is 5.99. The lowest BCUT2D eigenvalue weighted by molar-refractivity contribution is -0.140. The fourth-order valence-electron chi connectivity index (χ4n) is 7.06. The summed E-state index contributed by atoms with van der Waals surface area (Å²) in [5.41, 5.74) is -0.810. The number of aromatic nitrogens is 2. The van der Waals surface area contributed by atoms with E-state index in [2.05, 4.69) is 33.9 Å². The molecule has 0 spiro atoms. The van der Waals surface area contributed by atoms with Crippen LogP contribution in [0.1, 0.15) is 72.1 Å². The summed E-state index contributed by atoms with van der Waals surface area (Å²) in [6.07, 6.45) is 7.55. The van der Waals surface area contributed by atoms with Gasteiger partial charge in [-0.1, -0.05) is 26.0 Å². The molecule has 1 saturated heterocycles. The van der Waals surface area contributed by atoms with Gasteiger partial charge in [-0.15, -0.1) is 0 Å². The summed E-state index contributed by atoms with van der Waals surface area (Å²) in [4.78, 5) is 54.5. The molecule has 3 amide bonds. The Hall–Kier alpha value is -3.94. The van der Waals surface area contributed by atoms with Gasteiger partial charge in [-0.05, 0) is 69.4 Å². The number of hydrogen-bond acceptors (Lipinski definition) is 10. The average molecular weight is 697 g/mol. The number of allylic oxidation sites excluding steroid dienone is 1. The maximum absolute atomic E-state index is 14.2. The molecule has 13 nitrogen and oxygen atoms in total. The fourth-order valence-corrected chi connectivity index (χ4v) is 8.37. The molecule has 3 fully saturated rings. The van der Waals surface area contributed by atoms with Crippen LogP contribution in [0.2, 0.25) is 0 Å². The standard InChI is InChI=1S/C35H48N6O7S/c1-21-9-7-8-10-23-19-35(23,32(44)39-49(45,46)34(3)13-14-34)38-30(43)28-18-25(20-41(28)29(42)16-22(2)15-21)48-31-26-12-11-24(47-6)17-27(26)36-33(37-31)40(4)5/h8,10-12,17,21-23,25,28H,7,9,13-16,18-20H2,1-6H3,(H,38,43)(H,39,44)/b10-8-/t21-,22-,23-,25-,28+,35-/m1/s1. The summed E-state index contributed by atoms with van der Waals surface area (Å²) < 4.78 is 39.3. The third-order valence-corrected chi connectivity index (χ3v) is 12.7. The van der Waals surface area contributed by atoms with E-state index in [-0.39, 0.29) is 43.6 Å². The molecule has 6 rings (SSSR count). The third-order valence-electron chi connectivity index (χ3n) is 10.5. The highest BCUT2D eigenvalue weighted by Gasteiger charge is 2.63. The minimum atomic E-state index is -3.93. The van der Waals surface area contributed by atoms with Gasteiger partial charge >= 0.3 is 0 Å². The van der Waals surface area contributed by atoms with Crippen LogP contribution in [0, 0.1) is 17.8 Å². The zero-order chi connectivity index (χ0) is 35.3. The zero-order valence-corrected chi connectivity index (χ0v) is 30.0. The van der Waals surface area contributed by atoms with E-state index in [0.29, 0.717) is 47.2 Å². The van der Waals surface area contributed by atoms with Crippen molar-refractivity contribution in [2.75, 3.05) is 32.6 Å². The molecule has 4 aliphatic rings. The Labute approximate surface area is 288 Å². The SMILES string of the molecule is COc1ccc2c(O[C@@H]3C[C@H]4C(=O)N[C@]5(C(=O)NS(=O)(=O)C6(C)CC6)C[C@H]5/C=C\CC[C@@H](C)C[C@@H](C)CC(=O)N4C3)nc(N(C)C)nc2c1. The van der Waals surface area contributed by atoms with E-state index in [1.54, 1.807) is 36.0 Å². The first kappa shape index (κ1) is 34.9. The van der Waals surface area contributed by atoms with Gasteiger partial charge in [0.1, 0.15) is 23.4 Å². The van der Waals surface area contributed by atoms with Crippen LogP contribution in [0.15, 0.2) is 30.4 Å². The minimum Gasteiger partial charge on any atom is -0.497 e. The van der Waals surface area contributed by atoms with Gasteiger partial charge in [0.2, 0.25) is 33.7 Å². The molecule has 3 heterocycles. The molecule has 6 atom stereocenters. The number of carbonyl (C=O) groups excluding carboxylic acids is 3. The lowest BCUT2D eigenvalue weighted by Crippen LogP contribution is -2.57. The van der Waals surface area contributed by atoms with Crippen molar-refractivity contribution in [2.45, 2.75) is 94.6 Å². The number of sulfonamides is 1. The minimum absolute atomic E-state index is 0.100. The molecular weight excluding hydrogens is 648 g/mol. The number of methoxy groups -OCH3 is 1. The van der Waals surface area contributed by atoms with Crippen LogP contribution in [-0.2, 0) is 24.4 Å². The fraction of sp³-hybridized carbons (Fsp3) is 0.629. The summed E-state index contributed by atoms with van der Waals surface area (Å²) in [7, 11) is 1.30. The number of benzene rings is 1. The topological polar surface area (TPSA) is 160 Å². The normalized spacial score (nSPS) is 30.6. The van der Waals surface area contributed by atoms with Crippen LogP contribution < -0.4 is 24.4 Å². The number of amides is 3. The second kappa shape index (κ2) is 13.1. The molecule has 2 aromatic rings. The molecule has 1 aromatic heterocycles. The monoisotopic (exact) mass is 696 g/mol. The van der Waals surface area contributed by atoms with Gasteiger partial charge in [0.25, 0.3) is 5.91 Å². The molecule has 14 heteroatoms. The highest BCUT2D eigenvalue weighted by molar-refractivity contribution is 7.91. The quantitative estimate of drug-likeness (QED) is 0.411.